The van der Waals surface area contributed by atoms with Crippen molar-refractivity contribution in [1.29, 1.82) is 0 Å². The van der Waals surface area contributed by atoms with E-state index in [0.717, 1.165) is 0 Å². The number of amides is 2. The molecule has 2 amide bonds. The molecule has 6 heteroatoms. The van der Waals surface area contributed by atoms with Crippen LogP contribution in [-0.4, -0.2) is 17.9 Å². The molecule has 0 spiro atoms. The number of nitrogens with two attached hydrogens (primary N) is 2. The van der Waals surface area contributed by atoms with Crippen molar-refractivity contribution in [2.24, 2.45) is 11.5 Å². The molecule has 0 aliphatic rings. The molecule has 0 unspecified atom stereocenters. The fraction of sp³-hybridized carbons (Fsp3) is 0.200. The maximum Gasteiger partial charge on any atom is 0.250 e. The highest BCUT2D eigenvalue weighted by atomic mass is 35.5. The highest BCUT2D eigenvalue weighted by Crippen LogP contribution is 2.20. The van der Waals surface area contributed by atoms with Gasteiger partial charge in [0.15, 0.2) is 0 Å². The standard InChI is InChI=1S/C10H12ClN3O2/c1-5(12)10(16)14-6-2-3-7(9(13)15)8(11)4-6/h2-5H,12H2,1H3,(H2,13,15)(H,14,16)/t5-/m0/s1. The zero-order valence-corrected chi connectivity index (χ0v) is 9.41. The maximum absolute atomic E-state index is 11.3. The lowest BCUT2D eigenvalue weighted by Gasteiger charge is -2.08. The van der Waals surface area contributed by atoms with E-state index < -0.39 is 11.9 Å². The minimum absolute atomic E-state index is 0.190. The Balaban J connectivity index is 2.90. The summed E-state index contributed by atoms with van der Waals surface area (Å²) in [7, 11) is 0. The molecule has 1 aromatic carbocycles. The molecule has 16 heavy (non-hydrogen) atoms. The Morgan fingerprint density at radius 3 is 2.50 bits per heavy atom. The predicted octanol–water partition coefficient (Wildman–Crippen LogP) is 0.725. The first kappa shape index (κ1) is 12.5. The SMILES string of the molecule is C[C@H](N)C(=O)Nc1ccc(C(N)=O)c(Cl)c1. The molecule has 0 bridgehead atoms. The number of benzene rings is 1. The molecule has 0 heterocycles. The van der Waals surface area contributed by atoms with E-state index in [1.807, 2.05) is 0 Å². The molecule has 0 saturated heterocycles. The van der Waals surface area contributed by atoms with Crippen LogP contribution in [-0.2, 0) is 4.79 Å². The Morgan fingerprint density at radius 2 is 2.06 bits per heavy atom. The van der Waals surface area contributed by atoms with Gasteiger partial charge < -0.3 is 16.8 Å². The van der Waals surface area contributed by atoms with Crippen molar-refractivity contribution in [2.75, 3.05) is 5.32 Å². The number of rotatable bonds is 3. The van der Waals surface area contributed by atoms with Crippen LogP contribution >= 0.6 is 11.6 Å². The topological polar surface area (TPSA) is 98.2 Å². The summed E-state index contributed by atoms with van der Waals surface area (Å²) in [6, 6.07) is 3.81. The van der Waals surface area contributed by atoms with Gasteiger partial charge in [0.2, 0.25) is 11.8 Å². The number of anilines is 1. The lowest BCUT2D eigenvalue weighted by Crippen LogP contribution is -2.32. The molecular weight excluding hydrogens is 230 g/mol. The lowest BCUT2D eigenvalue weighted by molar-refractivity contribution is -0.117. The van der Waals surface area contributed by atoms with Crippen molar-refractivity contribution in [2.45, 2.75) is 13.0 Å². The van der Waals surface area contributed by atoms with Gasteiger partial charge in [-0.05, 0) is 25.1 Å². The number of primary amides is 1. The minimum atomic E-state index is -0.616. The first-order chi connectivity index (χ1) is 7.41. The van der Waals surface area contributed by atoms with E-state index in [9.17, 15) is 9.59 Å². The van der Waals surface area contributed by atoms with E-state index in [-0.39, 0.29) is 16.5 Å². The molecule has 86 valence electrons. The van der Waals surface area contributed by atoms with Gasteiger partial charge in [-0.2, -0.15) is 0 Å². The fourth-order valence-electron chi connectivity index (χ4n) is 1.05. The monoisotopic (exact) mass is 241 g/mol. The van der Waals surface area contributed by atoms with Gasteiger partial charge in [0.25, 0.3) is 0 Å². The lowest BCUT2D eigenvalue weighted by atomic mass is 10.2. The van der Waals surface area contributed by atoms with Gasteiger partial charge in [-0.25, -0.2) is 0 Å². The quantitative estimate of drug-likeness (QED) is 0.727. The highest BCUT2D eigenvalue weighted by Gasteiger charge is 2.10. The normalized spacial score (nSPS) is 11.9. The zero-order valence-electron chi connectivity index (χ0n) is 8.66. The second-order valence-corrected chi connectivity index (χ2v) is 3.74. The van der Waals surface area contributed by atoms with Crippen molar-refractivity contribution in [1.82, 2.24) is 0 Å². The summed E-state index contributed by atoms with van der Waals surface area (Å²) < 4.78 is 0. The average Bonchev–Trinajstić information content (AvgIpc) is 2.16. The third-order valence-corrected chi connectivity index (χ3v) is 2.23. The summed E-state index contributed by atoms with van der Waals surface area (Å²) in [6.45, 7) is 1.56. The van der Waals surface area contributed by atoms with E-state index in [1.54, 1.807) is 6.92 Å². The van der Waals surface area contributed by atoms with E-state index in [2.05, 4.69) is 5.32 Å². The van der Waals surface area contributed by atoms with Crippen LogP contribution in [0.15, 0.2) is 18.2 Å². The van der Waals surface area contributed by atoms with Gasteiger partial charge in [0, 0.05) is 5.69 Å². The van der Waals surface area contributed by atoms with Gasteiger partial charge >= 0.3 is 0 Å². The first-order valence-electron chi connectivity index (χ1n) is 4.57. The van der Waals surface area contributed by atoms with Gasteiger partial charge in [-0.1, -0.05) is 11.6 Å². The molecule has 1 rings (SSSR count). The number of halogens is 1. The summed E-state index contributed by atoms with van der Waals surface area (Å²) in [6.07, 6.45) is 0. The summed E-state index contributed by atoms with van der Waals surface area (Å²) in [4.78, 5) is 22.2. The van der Waals surface area contributed by atoms with Gasteiger partial charge in [-0.15, -0.1) is 0 Å². The van der Waals surface area contributed by atoms with Gasteiger partial charge in [-0.3, -0.25) is 9.59 Å². The van der Waals surface area contributed by atoms with Gasteiger partial charge in [0.05, 0.1) is 16.6 Å². The van der Waals surface area contributed by atoms with Gasteiger partial charge in [0.1, 0.15) is 0 Å². The van der Waals surface area contributed by atoms with Crippen molar-refractivity contribution in [3.63, 3.8) is 0 Å². The largest absolute Gasteiger partial charge is 0.366 e. The Kier molecular flexibility index (Phi) is 3.87. The number of nitrogens with one attached hydrogen (secondary N) is 1. The van der Waals surface area contributed by atoms with Crippen molar-refractivity contribution >= 4 is 29.1 Å². The fourth-order valence-corrected chi connectivity index (χ4v) is 1.32. The first-order valence-corrected chi connectivity index (χ1v) is 4.95. The summed E-state index contributed by atoms with van der Waals surface area (Å²) >= 11 is 5.80. The molecule has 1 atom stereocenters. The Morgan fingerprint density at radius 1 is 1.44 bits per heavy atom. The van der Waals surface area contributed by atoms with E-state index in [1.165, 1.54) is 18.2 Å². The maximum atomic E-state index is 11.3. The van der Waals surface area contributed by atoms with Crippen LogP contribution in [0.1, 0.15) is 17.3 Å². The number of carbonyl (C=O) groups is 2. The smallest absolute Gasteiger partial charge is 0.250 e. The molecule has 0 aliphatic carbocycles. The molecule has 0 aliphatic heterocycles. The summed E-state index contributed by atoms with van der Waals surface area (Å²) in [5, 5.41) is 2.74. The second-order valence-electron chi connectivity index (χ2n) is 3.34. The minimum Gasteiger partial charge on any atom is -0.366 e. The predicted molar refractivity (Wildman–Crippen MR) is 62.2 cm³/mol. The van der Waals surface area contributed by atoms with Crippen molar-refractivity contribution < 1.29 is 9.59 Å². The van der Waals surface area contributed by atoms with Crippen molar-refractivity contribution in [3.05, 3.63) is 28.8 Å². The molecule has 1 aromatic rings. The molecule has 5 N–H and O–H groups in total. The highest BCUT2D eigenvalue weighted by molar-refractivity contribution is 6.34. The van der Waals surface area contributed by atoms with E-state index >= 15 is 0 Å². The molecule has 5 nitrogen and oxygen atoms in total. The molecular formula is C10H12ClN3O2. The average molecular weight is 242 g/mol. The number of hydrogen-bond donors (Lipinski definition) is 3. The second kappa shape index (κ2) is 4.96. The van der Waals surface area contributed by atoms with Crippen LogP contribution in [0.4, 0.5) is 5.69 Å². The Bertz CT molecular complexity index is 432. The van der Waals surface area contributed by atoms with Crippen LogP contribution in [0.5, 0.6) is 0 Å². The molecule has 0 saturated carbocycles. The van der Waals surface area contributed by atoms with Crippen LogP contribution in [0.25, 0.3) is 0 Å². The molecule has 0 radical (unpaired) electrons. The summed E-state index contributed by atoms with van der Waals surface area (Å²) in [5.41, 5.74) is 11.1. The van der Waals surface area contributed by atoms with Crippen LogP contribution < -0.4 is 16.8 Å². The van der Waals surface area contributed by atoms with Crippen molar-refractivity contribution in [3.8, 4) is 0 Å². The Hall–Kier alpha value is -1.59. The third-order valence-electron chi connectivity index (χ3n) is 1.92. The zero-order chi connectivity index (χ0) is 12.3. The number of carbonyl (C=O) groups excluding carboxylic acids is 2. The Labute approximate surface area is 97.7 Å². The van der Waals surface area contributed by atoms with E-state index in [0.29, 0.717) is 5.69 Å². The van der Waals surface area contributed by atoms with Crippen LogP contribution in [0.2, 0.25) is 5.02 Å². The molecule has 0 aromatic heterocycles. The molecule has 0 fully saturated rings. The van der Waals surface area contributed by atoms with Crippen LogP contribution in [0, 0.1) is 0 Å². The third kappa shape index (κ3) is 2.95. The van der Waals surface area contributed by atoms with Crippen LogP contribution in [0.3, 0.4) is 0 Å². The number of hydrogen-bond acceptors (Lipinski definition) is 3. The van der Waals surface area contributed by atoms with E-state index in [4.69, 9.17) is 23.1 Å². The summed E-state index contributed by atoms with van der Waals surface area (Å²) in [5.74, 6) is -0.946.